The third-order valence-electron chi connectivity index (χ3n) is 3.47. The van der Waals surface area contributed by atoms with Crippen molar-refractivity contribution in [1.82, 2.24) is 5.32 Å². The van der Waals surface area contributed by atoms with Crippen LogP contribution in [0.1, 0.15) is 55.6 Å². The average Bonchev–Trinajstić information content (AvgIpc) is 2.98. The van der Waals surface area contributed by atoms with Crippen LogP contribution >= 0.6 is 11.3 Å². The van der Waals surface area contributed by atoms with Gasteiger partial charge in [0.15, 0.2) is 0 Å². The van der Waals surface area contributed by atoms with E-state index >= 15 is 0 Å². The molecule has 1 N–H and O–H groups in total. The van der Waals surface area contributed by atoms with Crippen molar-refractivity contribution in [2.24, 2.45) is 0 Å². The van der Waals surface area contributed by atoms with Gasteiger partial charge in [0, 0.05) is 17.0 Å². The van der Waals surface area contributed by atoms with Crippen LogP contribution in [0.4, 0.5) is 0 Å². The van der Waals surface area contributed by atoms with Crippen molar-refractivity contribution in [1.29, 1.82) is 0 Å². The summed E-state index contributed by atoms with van der Waals surface area (Å²) in [4.78, 5) is 1.41. The van der Waals surface area contributed by atoms with Crippen LogP contribution in [0.5, 0.6) is 0 Å². The largest absolute Gasteiger partial charge is 0.303 e. The molecule has 19 heavy (non-hydrogen) atoms. The quantitative estimate of drug-likeness (QED) is 0.719. The smallest absolute Gasteiger partial charge is 0.0391 e. The van der Waals surface area contributed by atoms with Gasteiger partial charge < -0.3 is 5.32 Å². The predicted octanol–water partition coefficient (Wildman–Crippen LogP) is 5.33. The molecule has 1 nitrogen and oxygen atoms in total. The first-order chi connectivity index (χ1) is 9.31. The van der Waals surface area contributed by atoms with Crippen molar-refractivity contribution in [2.45, 2.75) is 45.2 Å². The third kappa shape index (κ3) is 4.19. The van der Waals surface area contributed by atoms with Crippen LogP contribution < -0.4 is 5.32 Å². The lowest BCUT2D eigenvalue weighted by molar-refractivity contribution is 0.435. The first-order valence-electron chi connectivity index (χ1n) is 7.15. The van der Waals surface area contributed by atoms with Gasteiger partial charge in [0.05, 0.1) is 0 Å². The molecule has 0 spiro atoms. The molecule has 0 saturated heterocycles. The van der Waals surface area contributed by atoms with E-state index in [4.69, 9.17) is 0 Å². The summed E-state index contributed by atoms with van der Waals surface area (Å²) in [6.07, 6.45) is 3.72. The summed E-state index contributed by atoms with van der Waals surface area (Å²) in [5.74, 6) is 0. The van der Waals surface area contributed by atoms with Gasteiger partial charge in [-0.05, 0) is 30.4 Å². The van der Waals surface area contributed by atoms with Crippen LogP contribution in [0.15, 0.2) is 47.8 Å². The lowest BCUT2D eigenvalue weighted by Gasteiger charge is -2.23. The van der Waals surface area contributed by atoms with Crippen LogP contribution in [0.3, 0.4) is 0 Å². The summed E-state index contributed by atoms with van der Waals surface area (Å²) in [5, 5.41) is 5.93. The summed E-state index contributed by atoms with van der Waals surface area (Å²) in [5.41, 5.74) is 1.40. The van der Waals surface area contributed by atoms with Crippen LogP contribution in [0.2, 0.25) is 0 Å². The number of hydrogen-bond acceptors (Lipinski definition) is 2. The molecule has 1 unspecified atom stereocenters. The minimum Gasteiger partial charge on any atom is -0.303 e. The van der Waals surface area contributed by atoms with Gasteiger partial charge >= 0.3 is 0 Å². The van der Waals surface area contributed by atoms with E-state index in [1.165, 1.54) is 29.7 Å². The number of thiophene rings is 1. The Morgan fingerprint density at radius 3 is 2.53 bits per heavy atom. The lowest BCUT2D eigenvalue weighted by atomic mass is 10.00. The molecule has 2 atom stereocenters. The van der Waals surface area contributed by atoms with E-state index in [2.05, 4.69) is 67.0 Å². The molecule has 1 heterocycles. The normalized spacial score (nSPS) is 14.2. The molecule has 0 aliphatic rings. The Morgan fingerprint density at radius 2 is 1.89 bits per heavy atom. The molecule has 0 aliphatic heterocycles. The monoisotopic (exact) mass is 273 g/mol. The fourth-order valence-electron chi connectivity index (χ4n) is 2.36. The molecule has 2 heteroatoms. The highest BCUT2D eigenvalue weighted by molar-refractivity contribution is 7.10. The topological polar surface area (TPSA) is 12.0 Å². The highest BCUT2D eigenvalue weighted by Crippen LogP contribution is 2.25. The molecular formula is C17H23NS. The van der Waals surface area contributed by atoms with Gasteiger partial charge in [0.2, 0.25) is 0 Å². The maximum atomic E-state index is 3.78. The van der Waals surface area contributed by atoms with E-state index in [0.29, 0.717) is 12.1 Å². The van der Waals surface area contributed by atoms with Gasteiger partial charge in [-0.3, -0.25) is 0 Å². The maximum absolute atomic E-state index is 3.78. The first-order valence-corrected chi connectivity index (χ1v) is 8.03. The second-order valence-electron chi connectivity index (χ2n) is 5.01. The van der Waals surface area contributed by atoms with Crippen LogP contribution in [0.25, 0.3) is 0 Å². The minimum atomic E-state index is 0.419. The second-order valence-corrected chi connectivity index (χ2v) is 5.99. The predicted molar refractivity (Wildman–Crippen MR) is 84.6 cm³/mol. The first kappa shape index (κ1) is 14.3. The standard InChI is InChI=1S/C17H23NS/c1-3-4-11-16(15-9-6-5-7-10-15)18-14(2)17-12-8-13-19-17/h5-10,12-14,16,18H,3-4,11H2,1-2H3/t14-,16?/m1/s1. The Labute approximate surface area is 120 Å². The van der Waals surface area contributed by atoms with Gasteiger partial charge in [-0.25, -0.2) is 0 Å². The zero-order valence-corrected chi connectivity index (χ0v) is 12.6. The van der Waals surface area contributed by atoms with Crippen molar-refractivity contribution in [3.8, 4) is 0 Å². The fourth-order valence-corrected chi connectivity index (χ4v) is 3.10. The van der Waals surface area contributed by atoms with Crippen molar-refractivity contribution >= 4 is 11.3 Å². The Morgan fingerprint density at radius 1 is 1.11 bits per heavy atom. The molecule has 0 amide bonds. The van der Waals surface area contributed by atoms with Crippen molar-refractivity contribution in [2.75, 3.05) is 0 Å². The van der Waals surface area contributed by atoms with E-state index in [0.717, 1.165) is 0 Å². The molecule has 1 aromatic heterocycles. The van der Waals surface area contributed by atoms with E-state index in [1.807, 2.05) is 11.3 Å². The van der Waals surface area contributed by atoms with E-state index in [-0.39, 0.29) is 0 Å². The molecule has 0 bridgehead atoms. The molecule has 2 aromatic rings. The fraction of sp³-hybridized carbons (Fsp3) is 0.412. The van der Waals surface area contributed by atoms with Gasteiger partial charge in [0.1, 0.15) is 0 Å². The molecule has 102 valence electrons. The van der Waals surface area contributed by atoms with Gasteiger partial charge in [-0.1, -0.05) is 56.2 Å². The number of hydrogen-bond donors (Lipinski definition) is 1. The molecule has 0 aliphatic carbocycles. The van der Waals surface area contributed by atoms with Crippen molar-refractivity contribution < 1.29 is 0 Å². The number of benzene rings is 1. The van der Waals surface area contributed by atoms with Crippen LogP contribution in [-0.2, 0) is 0 Å². The highest BCUT2D eigenvalue weighted by Gasteiger charge is 2.15. The van der Waals surface area contributed by atoms with Gasteiger partial charge in [0.25, 0.3) is 0 Å². The number of rotatable bonds is 7. The van der Waals surface area contributed by atoms with Gasteiger partial charge in [-0.2, -0.15) is 0 Å². The molecule has 0 radical (unpaired) electrons. The molecule has 2 rings (SSSR count). The van der Waals surface area contributed by atoms with E-state index in [9.17, 15) is 0 Å². The molecule has 0 fully saturated rings. The molecule has 1 aromatic carbocycles. The minimum absolute atomic E-state index is 0.419. The lowest BCUT2D eigenvalue weighted by Crippen LogP contribution is -2.24. The van der Waals surface area contributed by atoms with E-state index < -0.39 is 0 Å². The Hall–Kier alpha value is -1.12. The zero-order valence-electron chi connectivity index (χ0n) is 11.8. The number of nitrogens with one attached hydrogen (secondary N) is 1. The Balaban J connectivity index is 2.05. The summed E-state index contributed by atoms with van der Waals surface area (Å²) in [6.45, 7) is 4.51. The van der Waals surface area contributed by atoms with Crippen LogP contribution in [0, 0.1) is 0 Å². The highest BCUT2D eigenvalue weighted by atomic mass is 32.1. The summed E-state index contributed by atoms with van der Waals surface area (Å²) < 4.78 is 0. The second kappa shape index (κ2) is 7.46. The van der Waals surface area contributed by atoms with E-state index in [1.54, 1.807) is 0 Å². The van der Waals surface area contributed by atoms with Crippen LogP contribution in [-0.4, -0.2) is 0 Å². The number of unbranched alkanes of at least 4 members (excludes halogenated alkanes) is 1. The third-order valence-corrected chi connectivity index (χ3v) is 4.52. The van der Waals surface area contributed by atoms with Gasteiger partial charge in [-0.15, -0.1) is 11.3 Å². The summed E-state index contributed by atoms with van der Waals surface area (Å²) >= 11 is 1.83. The maximum Gasteiger partial charge on any atom is 0.0391 e. The Bertz CT molecular complexity index is 449. The summed E-state index contributed by atoms with van der Waals surface area (Å²) in [7, 11) is 0. The SMILES string of the molecule is CCCCC(N[C@H](C)c1cccs1)c1ccccc1. The van der Waals surface area contributed by atoms with Crippen molar-refractivity contribution in [3.63, 3.8) is 0 Å². The molecule has 0 saturated carbocycles. The Kier molecular flexibility index (Phi) is 5.62. The molecular weight excluding hydrogens is 250 g/mol. The summed E-state index contributed by atoms with van der Waals surface area (Å²) in [6, 6.07) is 16.0. The zero-order chi connectivity index (χ0) is 13.5. The average molecular weight is 273 g/mol. The van der Waals surface area contributed by atoms with Crippen molar-refractivity contribution in [3.05, 3.63) is 58.3 Å².